The standard InChI is InChI=1S/C19H23N3O/c1-21(2)13-12-18(14-16-8-4-3-5-9-16)23-22-19-11-7-6-10-17(19)15-20-22/h3-11,15,18H,12-14H2,1-2H3. The average Bonchev–Trinajstić information content (AvgIpc) is 2.97. The monoisotopic (exact) mass is 309 g/mol. The Bertz CT molecular complexity index is 736. The van der Waals surface area contributed by atoms with E-state index in [1.807, 2.05) is 36.5 Å². The average molecular weight is 309 g/mol. The van der Waals surface area contributed by atoms with Gasteiger partial charge in [0.15, 0.2) is 0 Å². The molecule has 2 aromatic carbocycles. The maximum absolute atomic E-state index is 6.20. The summed E-state index contributed by atoms with van der Waals surface area (Å²) in [4.78, 5) is 10.0. The normalized spacial score (nSPS) is 12.7. The highest BCUT2D eigenvalue weighted by Gasteiger charge is 2.14. The van der Waals surface area contributed by atoms with E-state index in [2.05, 4.69) is 48.4 Å². The summed E-state index contributed by atoms with van der Waals surface area (Å²) in [7, 11) is 4.17. The van der Waals surface area contributed by atoms with Gasteiger partial charge in [-0.1, -0.05) is 53.4 Å². The highest BCUT2D eigenvalue weighted by Crippen LogP contribution is 2.14. The van der Waals surface area contributed by atoms with Crippen molar-refractivity contribution in [3.8, 4) is 0 Å². The second kappa shape index (κ2) is 7.29. The smallest absolute Gasteiger partial charge is 0.132 e. The highest BCUT2D eigenvalue weighted by molar-refractivity contribution is 5.77. The molecule has 0 aliphatic carbocycles. The summed E-state index contributed by atoms with van der Waals surface area (Å²) in [5.41, 5.74) is 2.29. The topological polar surface area (TPSA) is 30.3 Å². The molecule has 0 spiro atoms. The van der Waals surface area contributed by atoms with Gasteiger partial charge in [-0.05, 0) is 32.1 Å². The van der Waals surface area contributed by atoms with Gasteiger partial charge < -0.3 is 9.74 Å². The molecule has 0 N–H and O–H groups in total. The van der Waals surface area contributed by atoms with Gasteiger partial charge in [0, 0.05) is 18.4 Å². The molecule has 0 bridgehead atoms. The second-order valence-corrected chi connectivity index (χ2v) is 6.09. The van der Waals surface area contributed by atoms with Gasteiger partial charge in [-0.3, -0.25) is 0 Å². The van der Waals surface area contributed by atoms with Crippen LogP contribution in [-0.2, 0) is 6.42 Å². The third kappa shape index (κ3) is 4.11. The Morgan fingerprint density at radius 2 is 1.78 bits per heavy atom. The van der Waals surface area contributed by atoms with E-state index in [4.69, 9.17) is 4.84 Å². The van der Waals surface area contributed by atoms with Crippen LogP contribution in [0.25, 0.3) is 10.9 Å². The molecule has 0 radical (unpaired) electrons. The van der Waals surface area contributed by atoms with Gasteiger partial charge in [-0.25, -0.2) is 0 Å². The summed E-state index contributed by atoms with van der Waals surface area (Å²) in [6, 6.07) is 18.6. The van der Waals surface area contributed by atoms with E-state index < -0.39 is 0 Å². The lowest BCUT2D eigenvalue weighted by molar-refractivity contribution is 0.0150. The zero-order valence-corrected chi connectivity index (χ0v) is 13.7. The van der Waals surface area contributed by atoms with Crippen molar-refractivity contribution in [2.24, 2.45) is 0 Å². The van der Waals surface area contributed by atoms with E-state index in [0.717, 1.165) is 30.3 Å². The predicted octanol–water partition coefficient (Wildman–Crippen LogP) is 3.03. The zero-order chi connectivity index (χ0) is 16.1. The van der Waals surface area contributed by atoms with Crippen LogP contribution in [0.4, 0.5) is 0 Å². The molecule has 0 aliphatic heterocycles. The molecule has 1 atom stereocenters. The van der Waals surface area contributed by atoms with Crippen LogP contribution in [0, 0.1) is 0 Å². The van der Waals surface area contributed by atoms with E-state index in [1.165, 1.54) is 5.56 Å². The molecule has 120 valence electrons. The molecular formula is C19H23N3O. The van der Waals surface area contributed by atoms with Crippen molar-refractivity contribution in [1.29, 1.82) is 0 Å². The third-order valence-corrected chi connectivity index (χ3v) is 3.90. The van der Waals surface area contributed by atoms with Crippen molar-refractivity contribution in [2.75, 3.05) is 20.6 Å². The summed E-state index contributed by atoms with van der Waals surface area (Å²) in [5, 5.41) is 5.48. The van der Waals surface area contributed by atoms with Crippen molar-refractivity contribution < 1.29 is 4.84 Å². The lowest BCUT2D eigenvalue weighted by Crippen LogP contribution is -2.31. The first-order valence-electron chi connectivity index (χ1n) is 8.01. The van der Waals surface area contributed by atoms with Crippen LogP contribution < -0.4 is 4.84 Å². The first-order chi connectivity index (χ1) is 11.2. The van der Waals surface area contributed by atoms with Gasteiger partial charge in [-0.2, -0.15) is 0 Å². The fraction of sp³-hybridized carbons (Fsp3) is 0.316. The molecule has 3 aromatic rings. The minimum atomic E-state index is 0.0862. The van der Waals surface area contributed by atoms with Crippen molar-refractivity contribution in [3.05, 3.63) is 66.4 Å². The van der Waals surface area contributed by atoms with E-state index >= 15 is 0 Å². The van der Waals surface area contributed by atoms with E-state index in [0.29, 0.717) is 0 Å². The molecule has 1 unspecified atom stereocenters. The number of para-hydroxylation sites is 1. The molecule has 0 fully saturated rings. The number of fused-ring (bicyclic) bond motifs is 1. The Morgan fingerprint density at radius 3 is 2.57 bits per heavy atom. The van der Waals surface area contributed by atoms with Crippen molar-refractivity contribution >= 4 is 10.9 Å². The number of hydrogen-bond donors (Lipinski definition) is 0. The van der Waals surface area contributed by atoms with E-state index in [9.17, 15) is 0 Å². The van der Waals surface area contributed by atoms with Gasteiger partial charge in [-0.15, -0.1) is 5.10 Å². The first-order valence-corrected chi connectivity index (χ1v) is 8.01. The molecule has 0 saturated carbocycles. The SMILES string of the molecule is CN(C)CCC(Cc1ccccc1)On1ncc2ccccc21. The third-order valence-electron chi connectivity index (χ3n) is 3.90. The molecule has 1 heterocycles. The minimum Gasteiger partial charge on any atom is -0.393 e. The van der Waals surface area contributed by atoms with Crippen LogP contribution in [0.5, 0.6) is 0 Å². The Morgan fingerprint density at radius 1 is 1.04 bits per heavy atom. The number of aromatic nitrogens is 2. The Labute approximate surface area is 137 Å². The molecular weight excluding hydrogens is 286 g/mol. The molecule has 0 saturated heterocycles. The Hall–Kier alpha value is -2.33. The maximum Gasteiger partial charge on any atom is 0.132 e. The van der Waals surface area contributed by atoms with Gasteiger partial charge in [0.25, 0.3) is 0 Å². The molecule has 1 aromatic heterocycles. The van der Waals surface area contributed by atoms with Crippen LogP contribution in [0.3, 0.4) is 0 Å². The van der Waals surface area contributed by atoms with Crippen LogP contribution in [-0.4, -0.2) is 41.6 Å². The zero-order valence-electron chi connectivity index (χ0n) is 13.7. The quantitative estimate of drug-likeness (QED) is 0.672. The van der Waals surface area contributed by atoms with Crippen molar-refractivity contribution in [3.63, 3.8) is 0 Å². The molecule has 0 aliphatic rings. The first kappa shape index (κ1) is 15.6. The fourth-order valence-electron chi connectivity index (χ4n) is 2.64. The van der Waals surface area contributed by atoms with Gasteiger partial charge in [0.2, 0.25) is 0 Å². The van der Waals surface area contributed by atoms with Crippen molar-refractivity contribution in [1.82, 2.24) is 14.8 Å². The van der Waals surface area contributed by atoms with Crippen LogP contribution in [0.1, 0.15) is 12.0 Å². The molecule has 4 heteroatoms. The summed E-state index contributed by atoms with van der Waals surface area (Å²) in [6.07, 6.45) is 3.77. The summed E-state index contributed by atoms with van der Waals surface area (Å²) < 4.78 is 0. The Balaban J connectivity index is 1.77. The molecule has 0 amide bonds. The fourth-order valence-corrected chi connectivity index (χ4v) is 2.64. The van der Waals surface area contributed by atoms with Gasteiger partial charge in [0.1, 0.15) is 11.6 Å². The summed E-state index contributed by atoms with van der Waals surface area (Å²) in [5.74, 6) is 0. The van der Waals surface area contributed by atoms with Crippen LogP contribution in [0.15, 0.2) is 60.8 Å². The lowest BCUT2D eigenvalue weighted by Gasteiger charge is -2.20. The Kier molecular flexibility index (Phi) is 4.93. The van der Waals surface area contributed by atoms with Crippen molar-refractivity contribution in [2.45, 2.75) is 18.9 Å². The summed E-state index contributed by atoms with van der Waals surface area (Å²) in [6.45, 7) is 0.983. The number of benzene rings is 2. The highest BCUT2D eigenvalue weighted by atomic mass is 16.7. The number of rotatable bonds is 7. The van der Waals surface area contributed by atoms with Crippen LogP contribution >= 0.6 is 0 Å². The number of nitrogens with zero attached hydrogens (tertiary/aromatic N) is 3. The lowest BCUT2D eigenvalue weighted by atomic mass is 10.1. The van der Waals surface area contributed by atoms with Gasteiger partial charge in [0.05, 0.1) is 6.20 Å². The van der Waals surface area contributed by atoms with Crippen LogP contribution in [0.2, 0.25) is 0 Å². The van der Waals surface area contributed by atoms with E-state index in [-0.39, 0.29) is 6.10 Å². The van der Waals surface area contributed by atoms with E-state index in [1.54, 1.807) is 4.85 Å². The molecule has 4 nitrogen and oxygen atoms in total. The minimum absolute atomic E-state index is 0.0862. The predicted molar refractivity (Wildman–Crippen MR) is 93.4 cm³/mol. The number of hydrogen-bond acceptors (Lipinski definition) is 3. The van der Waals surface area contributed by atoms with Gasteiger partial charge >= 0.3 is 0 Å². The maximum atomic E-state index is 6.20. The largest absolute Gasteiger partial charge is 0.393 e. The summed E-state index contributed by atoms with van der Waals surface area (Å²) >= 11 is 0. The molecule has 3 rings (SSSR count). The second-order valence-electron chi connectivity index (χ2n) is 6.09. The molecule has 23 heavy (non-hydrogen) atoms.